The minimum Gasteiger partial charge on any atom is -0.390 e. The van der Waals surface area contributed by atoms with Crippen LogP contribution in [0.1, 0.15) is 42.4 Å². The number of Topliss-reactive ketones (excluding diaryl/α,β-unsaturated/α-hetero) is 1. The Morgan fingerprint density at radius 2 is 1.85 bits per heavy atom. The van der Waals surface area contributed by atoms with Gasteiger partial charge in [-0.15, -0.1) is 0 Å². The SMILES string of the molecule is Cc1ccc(NC(=O)[C@@H]2C(=O)C[C@@](C)(O)C[C@@H]2c2ccccc2)c(C)c1. The zero-order valence-corrected chi connectivity index (χ0v) is 15.5. The van der Waals surface area contributed by atoms with E-state index in [1.54, 1.807) is 6.92 Å². The minimum atomic E-state index is -1.09. The van der Waals surface area contributed by atoms with Crippen LogP contribution in [0.25, 0.3) is 0 Å². The largest absolute Gasteiger partial charge is 0.390 e. The highest BCUT2D eigenvalue weighted by Crippen LogP contribution is 2.41. The molecule has 0 radical (unpaired) electrons. The van der Waals surface area contributed by atoms with Gasteiger partial charge in [0.2, 0.25) is 5.91 Å². The highest BCUT2D eigenvalue weighted by Gasteiger charge is 2.46. The quantitative estimate of drug-likeness (QED) is 0.828. The van der Waals surface area contributed by atoms with Crippen molar-refractivity contribution in [3.8, 4) is 0 Å². The Labute approximate surface area is 154 Å². The smallest absolute Gasteiger partial charge is 0.235 e. The molecule has 0 saturated heterocycles. The van der Waals surface area contributed by atoms with Gasteiger partial charge in [0.1, 0.15) is 11.7 Å². The summed E-state index contributed by atoms with van der Waals surface area (Å²) in [7, 11) is 0. The van der Waals surface area contributed by atoms with Crippen molar-refractivity contribution in [3.05, 3.63) is 65.2 Å². The molecule has 0 unspecified atom stereocenters. The maximum atomic E-state index is 13.0. The lowest BCUT2D eigenvalue weighted by Crippen LogP contribution is -2.46. The van der Waals surface area contributed by atoms with Crippen LogP contribution in [0.5, 0.6) is 0 Å². The Bertz CT molecular complexity index is 827. The summed E-state index contributed by atoms with van der Waals surface area (Å²) in [4.78, 5) is 25.7. The highest BCUT2D eigenvalue weighted by atomic mass is 16.3. The van der Waals surface area contributed by atoms with E-state index in [0.29, 0.717) is 6.42 Å². The zero-order valence-electron chi connectivity index (χ0n) is 15.5. The van der Waals surface area contributed by atoms with E-state index in [1.165, 1.54) is 0 Å². The van der Waals surface area contributed by atoms with E-state index in [1.807, 2.05) is 62.4 Å². The number of carbonyl (C=O) groups excluding carboxylic acids is 2. The van der Waals surface area contributed by atoms with E-state index in [-0.39, 0.29) is 24.0 Å². The number of aliphatic hydroxyl groups is 1. The van der Waals surface area contributed by atoms with E-state index in [9.17, 15) is 14.7 Å². The predicted molar refractivity (Wildman–Crippen MR) is 102 cm³/mol. The van der Waals surface area contributed by atoms with Crippen LogP contribution in [0.15, 0.2) is 48.5 Å². The van der Waals surface area contributed by atoms with Crippen LogP contribution in [0.3, 0.4) is 0 Å². The van der Waals surface area contributed by atoms with Gasteiger partial charge in [-0.25, -0.2) is 0 Å². The van der Waals surface area contributed by atoms with Crippen molar-refractivity contribution in [1.82, 2.24) is 0 Å². The summed E-state index contributed by atoms with van der Waals surface area (Å²) in [5.41, 5.74) is 2.62. The first-order valence-electron chi connectivity index (χ1n) is 8.95. The van der Waals surface area contributed by atoms with Gasteiger partial charge in [-0.05, 0) is 44.4 Å². The van der Waals surface area contributed by atoms with Gasteiger partial charge in [0.05, 0.1) is 5.60 Å². The summed E-state index contributed by atoms with van der Waals surface area (Å²) < 4.78 is 0. The zero-order chi connectivity index (χ0) is 18.9. The number of amides is 1. The van der Waals surface area contributed by atoms with Crippen LogP contribution in [0.2, 0.25) is 0 Å². The van der Waals surface area contributed by atoms with Crippen molar-refractivity contribution in [2.75, 3.05) is 5.32 Å². The van der Waals surface area contributed by atoms with Gasteiger partial charge in [-0.1, -0.05) is 48.0 Å². The van der Waals surface area contributed by atoms with E-state index in [2.05, 4.69) is 5.32 Å². The van der Waals surface area contributed by atoms with Crippen LogP contribution in [0.4, 0.5) is 5.69 Å². The van der Waals surface area contributed by atoms with Crippen molar-refractivity contribution >= 4 is 17.4 Å². The summed E-state index contributed by atoms with van der Waals surface area (Å²) in [6.45, 7) is 5.60. The second kappa shape index (κ2) is 7.04. The number of nitrogens with one attached hydrogen (secondary N) is 1. The molecule has 0 bridgehead atoms. The van der Waals surface area contributed by atoms with Crippen molar-refractivity contribution in [3.63, 3.8) is 0 Å². The first-order chi connectivity index (χ1) is 12.3. The molecule has 3 atom stereocenters. The fourth-order valence-electron chi connectivity index (χ4n) is 3.88. The average Bonchev–Trinajstić information content (AvgIpc) is 2.56. The number of rotatable bonds is 3. The third-order valence-corrected chi connectivity index (χ3v) is 5.11. The Morgan fingerprint density at radius 1 is 1.15 bits per heavy atom. The van der Waals surface area contributed by atoms with Gasteiger partial charge < -0.3 is 10.4 Å². The topological polar surface area (TPSA) is 66.4 Å². The Hall–Kier alpha value is -2.46. The summed E-state index contributed by atoms with van der Waals surface area (Å²) >= 11 is 0. The maximum Gasteiger partial charge on any atom is 0.235 e. The maximum absolute atomic E-state index is 13.0. The molecule has 0 aromatic heterocycles. The lowest BCUT2D eigenvalue weighted by Gasteiger charge is -2.38. The van der Waals surface area contributed by atoms with E-state index >= 15 is 0 Å². The van der Waals surface area contributed by atoms with Crippen molar-refractivity contribution in [1.29, 1.82) is 0 Å². The third kappa shape index (κ3) is 3.86. The molecule has 4 heteroatoms. The summed E-state index contributed by atoms with van der Waals surface area (Å²) in [6.07, 6.45) is 0.384. The second-order valence-electron chi connectivity index (χ2n) is 7.65. The van der Waals surface area contributed by atoms with Gasteiger partial charge in [0.15, 0.2) is 0 Å². The lowest BCUT2D eigenvalue weighted by atomic mass is 9.68. The van der Waals surface area contributed by atoms with Crippen molar-refractivity contribution in [2.45, 2.75) is 45.1 Å². The number of anilines is 1. The lowest BCUT2D eigenvalue weighted by molar-refractivity contribution is -0.140. The number of ketones is 1. The first kappa shape index (κ1) is 18.3. The second-order valence-corrected chi connectivity index (χ2v) is 7.65. The molecule has 4 nitrogen and oxygen atoms in total. The third-order valence-electron chi connectivity index (χ3n) is 5.11. The molecule has 136 valence electrons. The van der Waals surface area contributed by atoms with Gasteiger partial charge in [-0.3, -0.25) is 9.59 Å². The molecule has 1 amide bonds. The summed E-state index contributed by atoms with van der Waals surface area (Å²) in [5, 5.41) is 13.4. The number of hydrogen-bond acceptors (Lipinski definition) is 3. The number of benzene rings is 2. The van der Waals surface area contributed by atoms with Crippen LogP contribution >= 0.6 is 0 Å². The van der Waals surface area contributed by atoms with Crippen molar-refractivity contribution < 1.29 is 14.7 Å². The normalized spacial score (nSPS) is 25.8. The molecule has 1 aliphatic carbocycles. The molecule has 2 aromatic rings. The molecule has 3 rings (SSSR count). The fraction of sp³-hybridized carbons (Fsp3) is 0.364. The fourth-order valence-corrected chi connectivity index (χ4v) is 3.88. The van der Waals surface area contributed by atoms with E-state index in [0.717, 1.165) is 22.4 Å². The van der Waals surface area contributed by atoms with Gasteiger partial charge >= 0.3 is 0 Å². The van der Waals surface area contributed by atoms with Crippen LogP contribution in [0, 0.1) is 19.8 Å². The molecular formula is C22H25NO3. The molecule has 26 heavy (non-hydrogen) atoms. The van der Waals surface area contributed by atoms with Gasteiger partial charge in [0.25, 0.3) is 0 Å². The summed E-state index contributed by atoms with van der Waals surface area (Å²) in [6, 6.07) is 15.3. The van der Waals surface area contributed by atoms with Crippen LogP contribution in [-0.4, -0.2) is 22.4 Å². The molecule has 2 aromatic carbocycles. The predicted octanol–water partition coefficient (Wildman–Crippen LogP) is 3.76. The number of carbonyl (C=O) groups is 2. The minimum absolute atomic E-state index is 0.00129. The Kier molecular flexibility index (Phi) is 4.97. The molecule has 0 aliphatic heterocycles. The molecule has 1 fully saturated rings. The molecule has 1 aliphatic rings. The van der Waals surface area contributed by atoms with Crippen molar-refractivity contribution in [2.24, 2.45) is 5.92 Å². The molecular weight excluding hydrogens is 326 g/mol. The number of aryl methyl sites for hydroxylation is 2. The molecule has 2 N–H and O–H groups in total. The monoisotopic (exact) mass is 351 g/mol. The highest BCUT2D eigenvalue weighted by molar-refractivity contribution is 6.09. The van der Waals surface area contributed by atoms with Gasteiger partial charge in [0, 0.05) is 18.0 Å². The molecule has 1 saturated carbocycles. The first-order valence-corrected chi connectivity index (χ1v) is 8.95. The standard InChI is InChI=1S/C22H25NO3/c1-14-9-10-18(15(2)11-14)23-21(25)20-17(16-7-5-4-6-8-16)12-22(3,26)13-19(20)24/h4-11,17,20,26H,12-13H2,1-3H3,(H,23,25)/t17-,20+,22+/m1/s1. The molecule has 0 heterocycles. The van der Waals surface area contributed by atoms with E-state index < -0.39 is 11.5 Å². The van der Waals surface area contributed by atoms with Crippen LogP contribution in [-0.2, 0) is 9.59 Å². The number of hydrogen-bond donors (Lipinski definition) is 2. The molecule has 0 spiro atoms. The Morgan fingerprint density at radius 3 is 2.50 bits per heavy atom. The Balaban J connectivity index is 1.91. The van der Waals surface area contributed by atoms with E-state index in [4.69, 9.17) is 0 Å². The summed E-state index contributed by atoms with van der Waals surface area (Å²) in [5.74, 6) is -1.64. The van der Waals surface area contributed by atoms with Crippen LogP contribution < -0.4 is 5.32 Å². The average molecular weight is 351 g/mol. The van der Waals surface area contributed by atoms with Gasteiger partial charge in [-0.2, -0.15) is 0 Å².